The van der Waals surface area contributed by atoms with E-state index in [9.17, 15) is 13.6 Å². The molecule has 0 radical (unpaired) electrons. The summed E-state index contributed by atoms with van der Waals surface area (Å²) < 4.78 is 31.3. The highest BCUT2D eigenvalue weighted by Gasteiger charge is 2.11. The zero-order valence-corrected chi connectivity index (χ0v) is 8.54. The lowest BCUT2D eigenvalue weighted by Crippen LogP contribution is -1.98. The van der Waals surface area contributed by atoms with E-state index < -0.39 is 23.4 Å². The van der Waals surface area contributed by atoms with E-state index in [-0.39, 0.29) is 12.2 Å². The van der Waals surface area contributed by atoms with Gasteiger partial charge in [-0.05, 0) is 30.7 Å². The van der Waals surface area contributed by atoms with E-state index in [1.54, 1.807) is 6.92 Å². The molecule has 0 aliphatic heterocycles. The molecular formula is C11H10F2O3. The first-order valence-electron chi connectivity index (χ1n) is 4.57. The summed E-state index contributed by atoms with van der Waals surface area (Å²) in [6.07, 6.45) is 1.90. The van der Waals surface area contributed by atoms with E-state index in [4.69, 9.17) is 9.84 Å². The summed E-state index contributed by atoms with van der Waals surface area (Å²) in [6.45, 7) is 1.76. The number of hydrogen-bond donors (Lipinski definition) is 1. The predicted octanol–water partition coefficient (Wildman–Crippen LogP) is 2.46. The average molecular weight is 228 g/mol. The van der Waals surface area contributed by atoms with Crippen molar-refractivity contribution in [2.45, 2.75) is 6.92 Å². The molecule has 3 nitrogen and oxygen atoms in total. The van der Waals surface area contributed by atoms with Crippen LogP contribution in [0.25, 0.3) is 6.08 Å². The minimum absolute atomic E-state index is 0.126. The molecule has 0 saturated heterocycles. The summed E-state index contributed by atoms with van der Waals surface area (Å²) in [4.78, 5) is 10.2. The first kappa shape index (κ1) is 12.2. The van der Waals surface area contributed by atoms with Gasteiger partial charge in [-0.2, -0.15) is 0 Å². The summed E-state index contributed by atoms with van der Waals surface area (Å²) in [6, 6.07) is 2.01. The number of rotatable bonds is 4. The number of carboxylic acid groups (broad SMARTS) is 1. The number of hydrogen-bond acceptors (Lipinski definition) is 2. The minimum Gasteiger partial charge on any atom is -0.488 e. The maximum Gasteiger partial charge on any atom is 0.328 e. The van der Waals surface area contributed by atoms with Crippen LogP contribution in [0.1, 0.15) is 12.5 Å². The second-order valence-electron chi connectivity index (χ2n) is 2.92. The van der Waals surface area contributed by atoms with Gasteiger partial charge < -0.3 is 9.84 Å². The molecule has 0 aliphatic carbocycles. The van der Waals surface area contributed by atoms with E-state index in [2.05, 4.69) is 0 Å². The quantitative estimate of drug-likeness (QED) is 0.805. The van der Waals surface area contributed by atoms with Gasteiger partial charge in [0.05, 0.1) is 6.61 Å². The Morgan fingerprint density at radius 1 is 1.44 bits per heavy atom. The van der Waals surface area contributed by atoms with E-state index in [0.717, 1.165) is 24.3 Å². The number of ether oxygens (including phenoxy) is 1. The number of carboxylic acids is 1. The van der Waals surface area contributed by atoms with Gasteiger partial charge >= 0.3 is 5.97 Å². The summed E-state index contributed by atoms with van der Waals surface area (Å²) in [7, 11) is 0. The Morgan fingerprint density at radius 3 is 2.44 bits per heavy atom. The van der Waals surface area contributed by atoms with Gasteiger partial charge in [0.1, 0.15) is 0 Å². The van der Waals surface area contributed by atoms with Crippen LogP contribution in [0.5, 0.6) is 5.75 Å². The van der Waals surface area contributed by atoms with Crippen molar-refractivity contribution in [3.63, 3.8) is 0 Å². The average Bonchev–Trinajstić information content (AvgIpc) is 2.20. The highest BCUT2D eigenvalue weighted by Crippen LogP contribution is 2.23. The number of carbonyl (C=O) groups is 1. The Labute approximate surface area is 91.0 Å². The SMILES string of the molecule is CCOc1c(F)cc(/C=C/C(=O)O)cc1F. The zero-order chi connectivity index (χ0) is 12.1. The van der Waals surface area contributed by atoms with Crippen LogP contribution < -0.4 is 4.74 Å². The van der Waals surface area contributed by atoms with Crippen LogP contribution in [0.4, 0.5) is 8.78 Å². The lowest BCUT2D eigenvalue weighted by atomic mass is 10.2. The van der Waals surface area contributed by atoms with Crippen molar-refractivity contribution in [3.05, 3.63) is 35.4 Å². The third-order valence-corrected chi connectivity index (χ3v) is 1.73. The molecule has 0 saturated carbocycles. The monoisotopic (exact) mass is 228 g/mol. The molecule has 0 spiro atoms. The normalized spacial score (nSPS) is 10.7. The molecule has 86 valence electrons. The summed E-state index contributed by atoms with van der Waals surface area (Å²) in [5.41, 5.74) is 0.126. The topological polar surface area (TPSA) is 46.5 Å². The third-order valence-electron chi connectivity index (χ3n) is 1.73. The largest absolute Gasteiger partial charge is 0.488 e. The first-order valence-corrected chi connectivity index (χ1v) is 4.57. The van der Waals surface area contributed by atoms with Crippen LogP contribution in [-0.2, 0) is 4.79 Å². The van der Waals surface area contributed by atoms with Crippen LogP contribution in [0, 0.1) is 11.6 Å². The summed E-state index contributed by atoms with van der Waals surface area (Å²) >= 11 is 0. The molecule has 0 aromatic heterocycles. The summed E-state index contributed by atoms with van der Waals surface area (Å²) in [5.74, 6) is -3.34. The molecule has 16 heavy (non-hydrogen) atoms. The van der Waals surface area contributed by atoms with Crippen molar-refractivity contribution in [1.29, 1.82) is 0 Å². The van der Waals surface area contributed by atoms with Gasteiger partial charge in [0.2, 0.25) is 0 Å². The van der Waals surface area contributed by atoms with Crippen LogP contribution in [0.2, 0.25) is 0 Å². The van der Waals surface area contributed by atoms with E-state index in [1.807, 2.05) is 0 Å². The fourth-order valence-corrected chi connectivity index (χ4v) is 1.13. The Kier molecular flexibility index (Phi) is 3.99. The van der Waals surface area contributed by atoms with Crippen LogP contribution in [-0.4, -0.2) is 17.7 Å². The van der Waals surface area contributed by atoms with Crippen molar-refractivity contribution in [1.82, 2.24) is 0 Å². The second kappa shape index (κ2) is 5.25. The van der Waals surface area contributed by atoms with Gasteiger partial charge in [-0.15, -0.1) is 0 Å². The molecule has 1 aromatic rings. The summed E-state index contributed by atoms with van der Waals surface area (Å²) in [5, 5.41) is 8.35. The lowest BCUT2D eigenvalue weighted by Gasteiger charge is -2.06. The van der Waals surface area contributed by atoms with Crippen LogP contribution in [0.3, 0.4) is 0 Å². The molecule has 0 amide bonds. The smallest absolute Gasteiger partial charge is 0.328 e. The van der Waals surface area contributed by atoms with Gasteiger partial charge in [0, 0.05) is 6.08 Å². The fraction of sp³-hybridized carbons (Fsp3) is 0.182. The fourth-order valence-electron chi connectivity index (χ4n) is 1.13. The third kappa shape index (κ3) is 3.05. The number of halogens is 2. The Balaban J connectivity index is 3.04. The maximum absolute atomic E-state index is 13.3. The molecule has 0 atom stereocenters. The highest BCUT2D eigenvalue weighted by atomic mass is 19.1. The van der Waals surface area contributed by atoms with Crippen molar-refractivity contribution < 1.29 is 23.4 Å². The number of aliphatic carboxylic acids is 1. The van der Waals surface area contributed by atoms with Crippen molar-refractivity contribution in [2.75, 3.05) is 6.61 Å². The van der Waals surface area contributed by atoms with Crippen molar-refractivity contribution in [3.8, 4) is 5.75 Å². The van der Waals surface area contributed by atoms with Gasteiger partial charge in [-0.25, -0.2) is 13.6 Å². The molecule has 0 fully saturated rings. The van der Waals surface area contributed by atoms with Gasteiger partial charge in [0.15, 0.2) is 17.4 Å². The molecule has 1 rings (SSSR count). The second-order valence-corrected chi connectivity index (χ2v) is 2.92. The van der Waals surface area contributed by atoms with Gasteiger partial charge in [-0.1, -0.05) is 0 Å². The van der Waals surface area contributed by atoms with E-state index in [1.165, 1.54) is 0 Å². The number of benzene rings is 1. The van der Waals surface area contributed by atoms with Crippen LogP contribution >= 0.6 is 0 Å². The highest BCUT2D eigenvalue weighted by molar-refractivity contribution is 5.85. The maximum atomic E-state index is 13.3. The molecule has 0 aliphatic rings. The molecule has 0 heterocycles. The van der Waals surface area contributed by atoms with Crippen molar-refractivity contribution in [2.24, 2.45) is 0 Å². The molecule has 1 N–H and O–H groups in total. The molecule has 5 heteroatoms. The molecule has 0 unspecified atom stereocenters. The Hall–Kier alpha value is -1.91. The molecular weight excluding hydrogens is 218 g/mol. The lowest BCUT2D eigenvalue weighted by molar-refractivity contribution is -0.131. The predicted molar refractivity (Wildman–Crippen MR) is 54.2 cm³/mol. The van der Waals surface area contributed by atoms with E-state index >= 15 is 0 Å². The van der Waals surface area contributed by atoms with Crippen molar-refractivity contribution >= 4 is 12.0 Å². The standard InChI is InChI=1S/C11H10F2O3/c1-2-16-11-8(12)5-7(6-9(11)13)3-4-10(14)15/h3-6H,2H2,1H3,(H,14,15)/b4-3+. The Morgan fingerprint density at radius 2 is 2.00 bits per heavy atom. The van der Waals surface area contributed by atoms with Crippen LogP contribution in [0.15, 0.2) is 18.2 Å². The molecule has 1 aromatic carbocycles. The first-order chi connectivity index (χ1) is 7.54. The van der Waals surface area contributed by atoms with Gasteiger partial charge in [-0.3, -0.25) is 0 Å². The van der Waals surface area contributed by atoms with E-state index in [0.29, 0.717) is 0 Å². The molecule has 0 bridgehead atoms. The van der Waals surface area contributed by atoms with Gasteiger partial charge in [0.25, 0.3) is 0 Å². The Bertz CT molecular complexity index is 404. The zero-order valence-electron chi connectivity index (χ0n) is 8.54. The minimum atomic E-state index is -1.19.